The van der Waals surface area contributed by atoms with E-state index in [2.05, 4.69) is 63.3 Å². The third-order valence-corrected chi connectivity index (χ3v) is 3.49. The lowest BCUT2D eigenvalue weighted by molar-refractivity contribution is 0.422. The van der Waals surface area contributed by atoms with Crippen LogP contribution in [0.2, 0.25) is 0 Å². The van der Waals surface area contributed by atoms with E-state index in [4.69, 9.17) is 4.42 Å². The van der Waals surface area contributed by atoms with Crippen LogP contribution >= 0.6 is 0 Å². The summed E-state index contributed by atoms with van der Waals surface area (Å²) in [6.07, 6.45) is 2.05. The van der Waals surface area contributed by atoms with Crippen molar-refractivity contribution < 1.29 is 4.42 Å². The van der Waals surface area contributed by atoms with Crippen LogP contribution in [0.1, 0.15) is 54.5 Å². The predicted octanol–water partition coefficient (Wildman–Crippen LogP) is 4.55. The van der Waals surface area contributed by atoms with Gasteiger partial charge in [0.25, 0.3) is 0 Å². The Morgan fingerprint density at radius 1 is 1.05 bits per heavy atom. The molecule has 0 amide bonds. The van der Waals surface area contributed by atoms with Crippen molar-refractivity contribution >= 4 is 0 Å². The van der Waals surface area contributed by atoms with Crippen molar-refractivity contribution in [3.8, 4) is 0 Å². The normalized spacial score (nSPS) is 12.6. The number of rotatable bonds is 6. The lowest BCUT2D eigenvalue weighted by Gasteiger charge is -2.18. The SMILES string of the molecule is CCCNC(c1cc(C)cc(C)c1)c1ccc(CC)o1. The molecule has 2 heteroatoms. The molecule has 0 bridgehead atoms. The van der Waals surface area contributed by atoms with E-state index in [1.54, 1.807) is 0 Å². The van der Waals surface area contributed by atoms with E-state index < -0.39 is 0 Å². The highest BCUT2D eigenvalue weighted by atomic mass is 16.3. The summed E-state index contributed by atoms with van der Waals surface area (Å²) in [5.41, 5.74) is 3.88. The van der Waals surface area contributed by atoms with Crippen LogP contribution in [0.5, 0.6) is 0 Å². The number of hydrogen-bond acceptors (Lipinski definition) is 2. The molecule has 2 rings (SSSR count). The van der Waals surface area contributed by atoms with Crippen LogP contribution in [0.4, 0.5) is 0 Å². The molecule has 20 heavy (non-hydrogen) atoms. The molecule has 1 N–H and O–H groups in total. The minimum absolute atomic E-state index is 0.147. The highest BCUT2D eigenvalue weighted by molar-refractivity contribution is 5.34. The van der Waals surface area contributed by atoms with E-state index >= 15 is 0 Å². The van der Waals surface area contributed by atoms with E-state index in [1.807, 2.05) is 0 Å². The van der Waals surface area contributed by atoms with Crippen LogP contribution in [0.3, 0.4) is 0 Å². The number of furan rings is 1. The van der Waals surface area contributed by atoms with Gasteiger partial charge in [-0.25, -0.2) is 0 Å². The Balaban J connectivity index is 2.35. The summed E-state index contributed by atoms with van der Waals surface area (Å²) in [6.45, 7) is 9.58. The average Bonchev–Trinajstić information content (AvgIpc) is 2.87. The Hall–Kier alpha value is -1.54. The van der Waals surface area contributed by atoms with Gasteiger partial charge in [-0.1, -0.05) is 43.2 Å². The second-order valence-corrected chi connectivity index (χ2v) is 5.47. The van der Waals surface area contributed by atoms with Crippen molar-refractivity contribution in [2.45, 2.75) is 46.6 Å². The topological polar surface area (TPSA) is 25.2 Å². The molecule has 2 aromatic rings. The van der Waals surface area contributed by atoms with Crippen molar-refractivity contribution in [2.24, 2.45) is 0 Å². The maximum absolute atomic E-state index is 5.96. The Morgan fingerprint density at radius 3 is 2.30 bits per heavy atom. The molecule has 108 valence electrons. The zero-order valence-electron chi connectivity index (χ0n) is 13.0. The van der Waals surface area contributed by atoms with Gasteiger partial charge in [0.2, 0.25) is 0 Å². The van der Waals surface area contributed by atoms with Gasteiger partial charge in [0, 0.05) is 6.42 Å². The van der Waals surface area contributed by atoms with Gasteiger partial charge in [0.05, 0.1) is 6.04 Å². The highest BCUT2D eigenvalue weighted by Crippen LogP contribution is 2.26. The van der Waals surface area contributed by atoms with Gasteiger partial charge in [-0.15, -0.1) is 0 Å². The molecule has 0 radical (unpaired) electrons. The molecule has 1 aromatic carbocycles. The first-order chi connectivity index (χ1) is 9.63. The fourth-order valence-electron chi connectivity index (χ4n) is 2.59. The van der Waals surface area contributed by atoms with E-state index in [0.29, 0.717) is 0 Å². The fraction of sp³-hybridized carbons (Fsp3) is 0.444. The lowest BCUT2D eigenvalue weighted by atomic mass is 9.99. The molecular formula is C18H25NO. The van der Waals surface area contributed by atoms with Gasteiger partial charge in [-0.05, 0) is 44.5 Å². The second-order valence-electron chi connectivity index (χ2n) is 5.47. The van der Waals surface area contributed by atoms with Crippen molar-refractivity contribution in [2.75, 3.05) is 6.54 Å². The molecule has 1 atom stereocenters. The van der Waals surface area contributed by atoms with Crippen LogP contribution in [-0.2, 0) is 6.42 Å². The van der Waals surface area contributed by atoms with Crippen molar-refractivity contribution in [3.63, 3.8) is 0 Å². The van der Waals surface area contributed by atoms with Crippen LogP contribution in [0.25, 0.3) is 0 Å². The molecule has 0 aliphatic carbocycles. The monoisotopic (exact) mass is 271 g/mol. The predicted molar refractivity (Wildman–Crippen MR) is 84.1 cm³/mol. The number of nitrogens with one attached hydrogen (secondary N) is 1. The van der Waals surface area contributed by atoms with Crippen molar-refractivity contribution in [1.29, 1.82) is 0 Å². The molecule has 0 aliphatic heterocycles. The molecule has 0 fully saturated rings. The molecule has 0 saturated carbocycles. The van der Waals surface area contributed by atoms with E-state index in [1.165, 1.54) is 16.7 Å². The zero-order valence-corrected chi connectivity index (χ0v) is 13.0. The maximum atomic E-state index is 5.96. The quantitative estimate of drug-likeness (QED) is 0.834. The lowest BCUT2D eigenvalue weighted by Crippen LogP contribution is -2.23. The molecule has 0 aliphatic rings. The van der Waals surface area contributed by atoms with Crippen LogP contribution in [0.15, 0.2) is 34.7 Å². The summed E-state index contributed by atoms with van der Waals surface area (Å²) < 4.78 is 5.96. The molecular weight excluding hydrogens is 246 g/mol. The summed E-state index contributed by atoms with van der Waals surface area (Å²) in [7, 11) is 0. The molecule has 0 saturated heterocycles. The van der Waals surface area contributed by atoms with Crippen molar-refractivity contribution in [3.05, 3.63) is 58.5 Å². The third-order valence-electron chi connectivity index (χ3n) is 3.49. The Bertz CT molecular complexity index is 536. The van der Waals surface area contributed by atoms with Crippen LogP contribution in [0, 0.1) is 13.8 Å². The molecule has 2 nitrogen and oxygen atoms in total. The summed E-state index contributed by atoms with van der Waals surface area (Å²) in [5.74, 6) is 2.06. The smallest absolute Gasteiger partial charge is 0.125 e. The number of aryl methyl sites for hydroxylation is 3. The molecule has 1 aromatic heterocycles. The minimum atomic E-state index is 0.147. The van der Waals surface area contributed by atoms with Crippen LogP contribution in [-0.4, -0.2) is 6.54 Å². The van der Waals surface area contributed by atoms with Crippen molar-refractivity contribution in [1.82, 2.24) is 5.32 Å². The Kier molecular flexibility index (Phi) is 5.02. The first-order valence-corrected chi connectivity index (χ1v) is 7.54. The highest BCUT2D eigenvalue weighted by Gasteiger charge is 2.17. The second kappa shape index (κ2) is 6.76. The summed E-state index contributed by atoms with van der Waals surface area (Å²) >= 11 is 0. The Morgan fingerprint density at radius 2 is 1.75 bits per heavy atom. The van der Waals surface area contributed by atoms with Gasteiger partial charge in [0.1, 0.15) is 11.5 Å². The zero-order chi connectivity index (χ0) is 14.5. The average molecular weight is 271 g/mol. The maximum Gasteiger partial charge on any atom is 0.125 e. The first-order valence-electron chi connectivity index (χ1n) is 7.54. The standard InChI is InChI=1S/C18H25NO/c1-5-9-19-18(17-8-7-16(6-2)20-17)15-11-13(3)10-14(4)12-15/h7-8,10-12,18-19H,5-6,9H2,1-4H3. The summed E-state index contributed by atoms with van der Waals surface area (Å²) in [6, 6.07) is 11.0. The largest absolute Gasteiger partial charge is 0.464 e. The Labute approximate surface area is 122 Å². The minimum Gasteiger partial charge on any atom is -0.464 e. The van der Waals surface area contributed by atoms with Crippen LogP contribution < -0.4 is 5.32 Å². The molecule has 1 heterocycles. The summed E-state index contributed by atoms with van der Waals surface area (Å²) in [5, 5.41) is 3.60. The fourth-order valence-corrected chi connectivity index (χ4v) is 2.59. The van der Waals surface area contributed by atoms with Gasteiger partial charge in [0.15, 0.2) is 0 Å². The van der Waals surface area contributed by atoms with Gasteiger partial charge in [-0.3, -0.25) is 0 Å². The number of hydrogen-bond donors (Lipinski definition) is 1. The first kappa shape index (κ1) is 14.9. The number of benzene rings is 1. The van der Waals surface area contributed by atoms with Gasteiger partial charge >= 0.3 is 0 Å². The van der Waals surface area contributed by atoms with Gasteiger partial charge in [-0.2, -0.15) is 0 Å². The molecule has 1 unspecified atom stereocenters. The third kappa shape index (κ3) is 3.51. The summed E-state index contributed by atoms with van der Waals surface area (Å²) in [4.78, 5) is 0. The van der Waals surface area contributed by atoms with Gasteiger partial charge < -0.3 is 9.73 Å². The van der Waals surface area contributed by atoms with E-state index in [-0.39, 0.29) is 6.04 Å². The molecule has 0 spiro atoms. The van der Waals surface area contributed by atoms with E-state index in [0.717, 1.165) is 30.9 Å². The van der Waals surface area contributed by atoms with E-state index in [9.17, 15) is 0 Å².